The fraction of sp³-hybridized carbons (Fsp3) is 0.550. The van der Waals surface area contributed by atoms with Crippen LogP contribution in [0.5, 0.6) is 0 Å². The first kappa shape index (κ1) is 17.2. The maximum Gasteiger partial charge on any atom is 0.223 e. The maximum absolute atomic E-state index is 12.9. The molecule has 2 aliphatic rings. The van der Waals surface area contributed by atoms with Crippen LogP contribution in [-0.2, 0) is 35.5 Å². The van der Waals surface area contributed by atoms with Crippen molar-refractivity contribution in [3.8, 4) is 0 Å². The SMILES string of the molecule is COCc1nnc2n1C[C@H]1CC[C@@H](C2)N1C(=O)CCCc1ccccc1. The molecule has 1 fully saturated rings. The van der Waals surface area contributed by atoms with Crippen molar-refractivity contribution in [2.45, 2.75) is 63.8 Å². The number of carbonyl (C=O) groups excluding carboxylic acids is 1. The number of aryl methyl sites for hydroxylation is 1. The number of ether oxygens (including phenoxy) is 1. The monoisotopic (exact) mass is 354 g/mol. The summed E-state index contributed by atoms with van der Waals surface area (Å²) < 4.78 is 7.40. The van der Waals surface area contributed by atoms with Gasteiger partial charge in [-0.3, -0.25) is 4.79 Å². The molecule has 0 saturated carbocycles. The number of fused-ring (bicyclic) bond motifs is 3. The Hall–Kier alpha value is -2.21. The molecule has 26 heavy (non-hydrogen) atoms. The van der Waals surface area contributed by atoms with Crippen LogP contribution in [0.4, 0.5) is 0 Å². The first-order chi connectivity index (χ1) is 12.8. The van der Waals surface area contributed by atoms with Crippen molar-refractivity contribution in [3.05, 3.63) is 47.5 Å². The van der Waals surface area contributed by atoms with Gasteiger partial charge in [0.2, 0.25) is 5.91 Å². The molecular formula is C20H26N4O2. The van der Waals surface area contributed by atoms with E-state index in [2.05, 4.69) is 43.9 Å². The molecule has 3 heterocycles. The molecule has 1 amide bonds. The zero-order valence-electron chi connectivity index (χ0n) is 15.3. The van der Waals surface area contributed by atoms with Gasteiger partial charge in [0.1, 0.15) is 12.4 Å². The molecule has 1 saturated heterocycles. The Morgan fingerprint density at radius 1 is 1.19 bits per heavy atom. The van der Waals surface area contributed by atoms with E-state index >= 15 is 0 Å². The molecule has 138 valence electrons. The van der Waals surface area contributed by atoms with E-state index in [1.807, 2.05) is 6.07 Å². The van der Waals surface area contributed by atoms with E-state index in [1.165, 1.54) is 5.56 Å². The third-order valence-electron chi connectivity index (χ3n) is 5.60. The quantitative estimate of drug-likeness (QED) is 0.799. The summed E-state index contributed by atoms with van der Waals surface area (Å²) in [7, 11) is 1.67. The minimum absolute atomic E-state index is 0.261. The van der Waals surface area contributed by atoms with E-state index in [4.69, 9.17) is 4.74 Å². The smallest absolute Gasteiger partial charge is 0.223 e. The first-order valence-corrected chi connectivity index (χ1v) is 9.51. The normalized spacial score (nSPS) is 21.5. The van der Waals surface area contributed by atoms with Crippen molar-refractivity contribution in [2.24, 2.45) is 0 Å². The van der Waals surface area contributed by atoms with Crippen LogP contribution in [0.25, 0.3) is 0 Å². The van der Waals surface area contributed by atoms with Gasteiger partial charge in [-0.05, 0) is 31.2 Å². The number of methoxy groups -OCH3 is 1. The van der Waals surface area contributed by atoms with Gasteiger partial charge in [0, 0.05) is 32.5 Å². The summed E-state index contributed by atoms with van der Waals surface area (Å²) in [4.78, 5) is 15.1. The van der Waals surface area contributed by atoms with Crippen LogP contribution < -0.4 is 0 Å². The molecule has 0 aliphatic carbocycles. The van der Waals surface area contributed by atoms with Crippen molar-refractivity contribution in [2.75, 3.05) is 7.11 Å². The standard InChI is InChI=1S/C20H26N4O2/c1-26-14-19-22-21-18-12-16-10-11-17(13-23(18)19)24(16)20(25)9-5-8-15-6-3-2-4-7-15/h2-4,6-7,16-17H,5,8-14H2,1H3/t16-,17+/m0/s1. The molecule has 0 unspecified atom stereocenters. The van der Waals surface area contributed by atoms with Gasteiger partial charge in [-0.25, -0.2) is 0 Å². The van der Waals surface area contributed by atoms with E-state index in [-0.39, 0.29) is 12.1 Å². The predicted molar refractivity (Wildman–Crippen MR) is 97.5 cm³/mol. The largest absolute Gasteiger partial charge is 0.377 e. The molecule has 0 N–H and O–H groups in total. The van der Waals surface area contributed by atoms with Gasteiger partial charge in [0.25, 0.3) is 0 Å². The first-order valence-electron chi connectivity index (χ1n) is 9.51. The number of aromatic nitrogens is 3. The molecule has 4 rings (SSSR count). The minimum Gasteiger partial charge on any atom is -0.377 e. The fourth-order valence-corrected chi connectivity index (χ4v) is 4.36. The van der Waals surface area contributed by atoms with E-state index in [0.29, 0.717) is 18.9 Å². The van der Waals surface area contributed by atoms with Crippen molar-refractivity contribution in [3.63, 3.8) is 0 Å². The summed E-state index contributed by atoms with van der Waals surface area (Å²) in [6.07, 6.45) is 5.42. The highest BCUT2D eigenvalue weighted by Gasteiger charge is 2.40. The summed E-state index contributed by atoms with van der Waals surface area (Å²) in [5.74, 6) is 2.15. The number of hydrogen-bond acceptors (Lipinski definition) is 4. The predicted octanol–water partition coefficient (Wildman–Crippen LogP) is 2.36. The Kier molecular flexibility index (Phi) is 5.02. The van der Waals surface area contributed by atoms with Crippen LogP contribution in [0.3, 0.4) is 0 Å². The van der Waals surface area contributed by atoms with Crippen molar-refractivity contribution < 1.29 is 9.53 Å². The number of hydrogen-bond donors (Lipinski definition) is 0. The van der Waals surface area contributed by atoms with Crippen molar-refractivity contribution in [1.29, 1.82) is 0 Å². The summed E-state index contributed by atoms with van der Waals surface area (Å²) in [5, 5.41) is 8.61. The minimum atomic E-state index is 0.261. The molecule has 1 aromatic heterocycles. The zero-order chi connectivity index (χ0) is 17.9. The van der Waals surface area contributed by atoms with Gasteiger partial charge in [0.05, 0.1) is 6.04 Å². The van der Waals surface area contributed by atoms with Crippen LogP contribution in [-0.4, -0.2) is 44.8 Å². The second-order valence-electron chi connectivity index (χ2n) is 7.31. The van der Waals surface area contributed by atoms with Crippen molar-refractivity contribution >= 4 is 5.91 Å². The summed E-state index contributed by atoms with van der Waals surface area (Å²) >= 11 is 0. The van der Waals surface area contributed by atoms with Gasteiger partial charge in [-0.15, -0.1) is 10.2 Å². The number of rotatable bonds is 6. The molecular weight excluding hydrogens is 328 g/mol. The number of nitrogens with zero attached hydrogens (tertiary/aromatic N) is 4. The lowest BCUT2D eigenvalue weighted by molar-refractivity contribution is -0.134. The molecule has 2 aliphatic heterocycles. The topological polar surface area (TPSA) is 60.3 Å². The van der Waals surface area contributed by atoms with E-state index in [1.54, 1.807) is 7.11 Å². The second-order valence-corrected chi connectivity index (χ2v) is 7.31. The lowest BCUT2D eigenvalue weighted by Gasteiger charge is -2.28. The lowest BCUT2D eigenvalue weighted by Crippen LogP contribution is -2.42. The fourth-order valence-electron chi connectivity index (χ4n) is 4.36. The van der Waals surface area contributed by atoms with Gasteiger partial charge < -0.3 is 14.2 Å². The van der Waals surface area contributed by atoms with Gasteiger partial charge in [-0.1, -0.05) is 30.3 Å². The van der Waals surface area contributed by atoms with Gasteiger partial charge >= 0.3 is 0 Å². The van der Waals surface area contributed by atoms with E-state index in [9.17, 15) is 4.79 Å². The lowest BCUT2D eigenvalue weighted by atomic mass is 10.1. The highest BCUT2D eigenvalue weighted by atomic mass is 16.5. The molecule has 6 heteroatoms. The van der Waals surface area contributed by atoms with Crippen molar-refractivity contribution in [1.82, 2.24) is 19.7 Å². The molecule has 2 atom stereocenters. The van der Waals surface area contributed by atoms with E-state index in [0.717, 1.165) is 50.3 Å². The van der Waals surface area contributed by atoms with Crippen LogP contribution in [0, 0.1) is 0 Å². The highest BCUT2D eigenvalue weighted by Crippen LogP contribution is 2.32. The highest BCUT2D eigenvalue weighted by molar-refractivity contribution is 5.77. The van der Waals surface area contributed by atoms with Crippen LogP contribution in [0.2, 0.25) is 0 Å². The Balaban J connectivity index is 1.40. The molecule has 2 bridgehead atoms. The zero-order valence-corrected chi connectivity index (χ0v) is 15.3. The summed E-state index contributed by atoms with van der Waals surface area (Å²) in [5.41, 5.74) is 1.30. The van der Waals surface area contributed by atoms with Crippen LogP contribution >= 0.6 is 0 Å². The molecule has 1 aromatic carbocycles. The summed E-state index contributed by atoms with van der Waals surface area (Å²) in [6.45, 7) is 1.26. The van der Waals surface area contributed by atoms with Crippen LogP contribution in [0.1, 0.15) is 42.9 Å². The molecule has 0 radical (unpaired) electrons. The third kappa shape index (κ3) is 3.38. The number of amides is 1. The maximum atomic E-state index is 12.9. The Labute approximate surface area is 154 Å². The Bertz CT molecular complexity index is 758. The van der Waals surface area contributed by atoms with Crippen LogP contribution in [0.15, 0.2) is 30.3 Å². The molecule has 6 nitrogen and oxygen atoms in total. The average Bonchev–Trinajstić information content (AvgIpc) is 3.15. The third-order valence-corrected chi connectivity index (χ3v) is 5.60. The number of carbonyl (C=O) groups is 1. The van der Waals surface area contributed by atoms with Gasteiger partial charge in [-0.2, -0.15) is 0 Å². The second kappa shape index (κ2) is 7.58. The molecule has 2 aromatic rings. The molecule has 0 spiro atoms. The summed E-state index contributed by atoms with van der Waals surface area (Å²) in [6, 6.07) is 10.9. The average molecular weight is 354 g/mol. The number of benzene rings is 1. The Morgan fingerprint density at radius 2 is 2.00 bits per heavy atom. The van der Waals surface area contributed by atoms with E-state index < -0.39 is 0 Å². The van der Waals surface area contributed by atoms with Gasteiger partial charge in [0.15, 0.2) is 5.82 Å². The Morgan fingerprint density at radius 3 is 2.81 bits per heavy atom.